The van der Waals surface area contributed by atoms with Crippen LogP contribution in [0.25, 0.3) is 0 Å². The normalized spacial score (nSPS) is 13.3. The quantitative estimate of drug-likeness (QED) is 0.598. The molecule has 0 saturated carbocycles. The molecule has 0 N–H and O–H groups in total. The minimum atomic E-state index is -0.408. The molecule has 13 heavy (non-hydrogen) atoms. The van der Waals surface area contributed by atoms with E-state index < -0.39 is 5.97 Å². The number of ether oxygens (including phenoxy) is 2. The Kier molecular flexibility index (Phi) is 1.88. The molecule has 0 aliphatic carbocycles. The van der Waals surface area contributed by atoms with E-state index in [1.807, 2.05) is 0 Å². The number of pyridine rings is 1. The Hall–Kier alpha value is -1.58. The highest BCUT2D eigenvalue weighted by Gasteiger charge is 2.16. The summed E-state index contributed by atoms with van der Waals surface area (Å²) in [6, 6.07) is 3.36. The van der Waals surface area contributed by atoms with Gasteiger partial charge < -0.3 is 9.47 Å². The fourth-order valence-electron chi connectivity index (χ4n) is 1.28. The Labute approximate surface area is 75.5 Å². The van der Waals surface area contributed by atoms with Crippen molar-refractivity contribution in [2.75, 3.05) is 13.7 Å². The highest BCUT2D eigenvalue weighted by molar-refractivity contribution is 5.87. The van der Waals surface area contributed by atoms with E-state index in [-0.39, 0.29) is 0 Å². The first kappa shape index (κ1) is 8.04. The van der Waals surface area contributed by atoms with Gasteiger partial charge in [0, 0.05) is 6.42 Å². The lowest BCUT2D eigenvalue weighted by Gasteiger charge is -2.00. The van der Waals surface area contributed by atoms with Gasteiger partial charge in [-0.3, -0.25) is 0 Å². The summed E-state index contributed by atoms with van der Waals surface area (Å²) >= 11 is 0. The molecule has 0 bridgehead atoms. The van der Waals surface area contributed by atoms with Gasteiger partial charge in [-0.2, -0.15) is 0 Å². The van der Waals surface area contributed by atoms with Gasteiger partial charge in [-0.25, -0.2) is 9.78 Å². The largest absolute Gasteiger partial charge is 0.491 e. The van der Waals surface area contributed by atoms with Crippen LogP contribution in [-0.2, 0) is 11.2 Å². The predicted molar refractivity (Wildman–Crippen MR) is 44.8 cm³/mol. The second kappa shape index (κ2) is 3.05. The number of rotatable bonds is 1. The minimum Gasteiger partial charge on any atom is -0.491 e. The molecule has 4 nitrogen and oxygen atoms in total. The average molecular weight is 179 g/mol. The topological polar surface area (TPSA) is 48.4 Å². The zero-order valence-electron chi connectivity index (χ0n) is 7.24. The van der Waals surface area contributed by atoms with E-state index in [1.165, 1.54) is 7.11 Å². The fraction of sp³-hybridized carbons (Fsp3) is 0.333. The molecule has 0 fully saturated rings. The first-order valence-electron chi connectivity index (χ1n) is 4.02. The zero-order chi connectivity index (χ0) is 9.26. The Morgan fingerprint density at radius 3 is 3.23 bits per heavy atom. The number of aromatic nitrogens is 1. The van der Waals surface area contributed by atoms with Crippen LogP contribution < -0.4 is 4.74 Å². The summed E-state index contributed by atoms with van der Waals surface area (Å²) in [5.74, 6) is 0.363. The van der Waals surface area contributed by atoms with Crippen LogP contribution in [0.4, 0.5) is 0 Å². The summed E-state index contributed by atoms with van der Waals surface area (Å²) in [5.41, 5.74) is 1.18. The van der Waals surface area contributed by atoms with Gasteiger partial charge in [0.05, 0.1) is 19.4 Å². The second-order valence-corrected chi connectivity index (χ2v) is 2.73. The Morgan fingerprint density at radius 2 is 2.46 bits per heavy atom. The Bertz CT molecular complexity index is 349. The molecule has 4 heteroatoms. The molecule has 1 aliphatic rings. The van der Waals surface area contributed by atoms with Crippen molar-refractivity contribution in [3.05, 3.63) is 23.5 Å². The van der Waals surface area contributed by atoms with E-state index in [9.17, 15) is 4.79 Å². The van der Waals surface area contributed by atoms with Crippen molar-refractivity contribution in [1.82, 2.24) is 4.98 Å². The van der Waals surface area contributed by atoms with Crippen molar-refractivity contribution in [3.8, 4) is 5.75 Å². The van der Waals surface area contributed by atoms with Crippen LogP contribution >= 0.6 is 0 Å². The number of nitrogens with zero attached hydrogens (tertiary/aromatic N) is 1. The molecule has 0 radical (unpaired) electrons. The smallest absolute Gasteiger partial charge is 0.356 e. The highest BCUT2D eigenvalue weighted by atomic mass is 16.5. The molecule has 1 aromatic heterocycles. The first-order chi connectivity index (χ1) is 6.31. The molecule has 0 spiro atoms. The molecule has 0 atom stereocenters. The Morgan fingerprint density at radius 1 is 1.62 bits per heavy atom. The van der Waals surface area contributed by atoms with Crippen molar-refractivity contribution >= 4 is 5.97 Å². The predicted octanol–water partition coefficient (Wildman–Crippen LogP) is 0.803. The summed E-state index contributed by atoms with van der Waals surface area (Å²) in [7, 11) is 1.34. The number of methoxy groups -OCH3 is 1. The lowest BCUT2D eigenvalue weighted by atomic mass is 10.2. The third-order valence-electron chi connectivity index (χ3n) is 1.92. The van der Waals surface area contributed by atoms with Gasteiger partial charge >= 0.3 is 5.97 Å². The minimum absolute atomic E-state index is 0.340. The molecule has 0 saturated heterocycles. The van der Waals surface area contributed by atoms with E-state index in [1.54, 1.807) is 12.1 Å². The van der Waals surface area contributed by atoms with Crippen molar-refractivity contribution in [3.63, 3.8) is 0 Å². The number of hydrogen-bond donors (Lipinski definition) is 0. The van der Waals surface area contributed by atoms with Gasteiger partial charge in [0.15, 0.2) is 0 Å². The molecule has 1 aliphatic heterocycles. The second-order valence-electron chi connectivity index (χ2n) is 2.73. The van der Waals surface area contributed by atoms with E-state index in [2.05, 4.69) is 9.72 Å². The molecule has 68 valence electrons. The standard InChI is InChI=1S/C9H9NO3/c1-12-9(11)7-2-3-8-6(10-7)4-5-13-8/h2-3H,4-5H2,1H3. The molecule has 1 aromatic rings. The van der Waals surface area contributed by atoms with Crippen LogP contribution in [0.5, 0.6) is 5.75 Å². The highest BCUT2D eigenvalue weighted by Crippen LogP contribution is 2.22. The third-order valence-corrected chi connectivity index (χ3v) is 1.92. The maximum Gasteiger partial charge on any atom is 0.356 e. The third kappa shape index (κ3) is 1.35. The van der Waals surface area contributed by atoms with Crippen LogP contribution in [0.15, 0.2) is 12.1 Å². The Balaban J connectivity index is 2.36. The average Bonchev–Trinajstić information content (AvgIpc) is 2.63. The van der Waals surface area contributed by atoms with E-state index in [0.717, 1.165) is 17.9 Å². The molecule has 2 rings (SSSR count). The van der Waals surface area contributed by atoms with E-state index in [0.29, 0.717) is 12.3 Å². The molecule has 0 unspecified atom stereocenters. The molecular formula is C9H9NO3. The first-order valence-corrected chi connectivity index (χ1v) is 4.02. The van der Waals surface area contributed by atoms with Gasteiger partial charge in [-0.05, 0) is 12.1 Å². The molecular weight excluding hydrogens is 170 g/mol. The summed E-state index contributed by atoms with van der Waals surface area (Å²) in [5, 5.41) is 0. The van der Waals surface area contributed by atoms with E-state index in [4.69, 9.17) is 4.74 Å². The van der Waals surface area contributed by atoms with Gasteiger partial charge in [0.25, 0.3) is 0 Å². The summed E-state index contributed by atoms with van der Waals surface area (Å²) in [4.78, 5) is 15.2. The number of carbonyl (C=O) groups is 1. The fourth-order valence-corrected chi connectivity index (χ4v) is 1.28. The summed E-state index contributed by atoms with van der Waals surface area (Å²) in [6.07, 6.45) is 0.764. The van der Waals surface area contributed by atoms with Crippen molar-refractivity contribution in [2.45, 2.75) is 6.42 Å². The SMILES string of the molecule is COC(=O)c1ccc2c(n1)CCO2. The summed E-state index contributed by atoms with van der Waals surface area (Å²) < 4.78 is 9.81. The van der Waals surface area contributed by atoms with Crippen molar-refractivity contribution in [2.24, 2.45) is 0 Å². The van der Waals surface area contributed by atoms with Crippen LogP contribution in [0, 0.1) is 0 Å². The van der Waals surface area contributed by atoms with Crippen LogP contribution in [0.3, 0.4) is 0 Å². The van der Waals surface area contributed by atoms with Crippen LogP contribution in [0.2, 0.25) is 0 Å². The number of esters is 1. The molecule has 0 amide bonds. The number of hydrogen-bond acceptors (Lipinski definition) is 4. The van der Waals surface area contributed by atoms with Crippen LogP contribution in [-0.4, -0.2) is 24.7 Å². The maximum atomic E-state index is 11.1. The zero-order valence-corrected chi connectivity index (χ0v) is 7.24. The van der Waals surface area contributed by atoms with Crippen LogP contribution in [0.1, 0.15) is 16.2 Å². The van der Waals surface area contributed by atoms with Gasteiger partial charge in [0.1, 0.15) is 11.4 Å². The van der Waals surface area contributed by atoms with E-state index >= 15 is 0 Å². The van der Waals surface area contributed by atoms with Gasteiger partial charge in [-0.15, -0.1) is 0 Å². The monoisotopic (exact) mass is 179 g/mol. The summed E-state index contributed by atoms with van der Waals surface area (Å²) in [6.45, 7) is 0.646. The van der Waals surface area contributed by atoms with Gasteiger partial charge in [0.2, 0.25) is 0 Å². The maximum absolute atomic E-state index is 11.1. The van der Waals surface area contributed by atoms with Crippen molar-refractivity contribution < 1.29 is 14.3 Å². The van der Waals surface area contributed by atoms with Gasteiger partial charge in [-0.1, -0.05) is 0 Å². The number of fused-ring (bicyclic) bond motifs is 1. The lowest BCUT2D eigenvalue weighted by Crippen LogP contribution is -2.04. The van der Waals surface area contributed by atoms with Crippen molar-refractivity contribution in [1.29, 1.82) is 0 Å². The number of carbonyl (C=O) groups excluding carboxylic acids is 1. The lowest BCUT2D eigenvalue weighted by molar-refractivity contribution is 0.0594. The molecule has 0 aromatic carbocycles. The molecule has 2 heterocycles.